The van der Waals surface area contributed by atoms with Gasteiger partial charge in [0.25, 0.3) is 0 Å². The fraction of sp³-hybridized carbons (Fsp3) is 0.562. The van der Waals surface area contributed by atoms with Gasteiger partial charge in [0, 0.05) is 13.1 Å². The van der Waals surface area contributed by atoms with Gasteiger partial charge in [0.05, 0.1) is 18.2 Å². The molecule has 0 unspecified atom stereocenters. The van der Waals surface area contributed by atoms with Gasteiger partial charge in [-0.15, -0.1) is 0 Å². The largest absolute Gasteiger partial charge is 0.349 e. The maximum Gasteiger partial charge on any atom is 0.224 e. The predicted molar refractivity (Wildman–Crippen MR) is 86.9 cm³/mol. The van der Waals surface area contributed by atoms with E-state index in [1.165, 1.54) is 16.1 Å². The van der Waals surface area contributed by atoms with Crippen molar-refractivity contribution in [2.24, 2.45) is 5.92 Å². The highest BCUT2D eigenvalue weighted by Crippen LogP contribution is 2.20. The standard InChI is InChI=1S/C16H24N2O3S/c1-12-6-8-14(9-7-12)13(2)17-16(19)15-5-4-10-18(11-15)22(3,20)21/h6-9,13,15H,4-5,10-11H2,1-3H3,(H,17,19)/t13-,15+/m1/s1. The van der Waals surface area contributed by atoms with Gasteiger partial charge >= 0.3 is 0 Å². The molecule has 1 aromatic carbocycles. The molecule has 5 nitrogen and oxygen atoms in total. The second kappa shape index (κ2) is 6.79. The lowest BCUT2D eigenvalue weighted by Gasteiger charge is -2.30. The number of hydrogen-bond donors (Lipinski definition) is 1. The fourth-order valence-corrected chi connectivity index (χ4v) is 3.64. The first-order valence-electron chi connectivity index (χ1n) is 7.59. The number of carbonyl (C=O) groups excluding carboxylic acids is 1. The molecule has 0 aliphatic carbocycles. The minimum Gasteiger partial charge on any atom is -0.349 e. The van der Waals surface area contributed by atoms with E-state index >= 15 is 0 Å². The first kappa shape index (κ1) is 17.0. The third-order valence-electron chi connectivity index (χ3n) is 4.16. The summed E-state index contributed by atoms with van der Waals surface area (Å²) in [4.78, 5) is 12.4. The zero-order chi connectivity index (χ0) is 16.3. The Morgan fingerprint density at radius 1 is 1.32 bits per heavy atom. The van der Waals surface area contributed by atoms with Crippen molar-refractivity contribution >= 4 is 15.9 Å². The van der Waals surface area contributed by atoms with Crippen molar-refractivity contribution in [3.05, 3.63) is 35.4 Å². The number of piperidine rings is 1. The molecular weight excluding hydrogens is 300 g/mol. The van der Waals surface area contributed by atoms with E-state index < -0.39 is 10.0 Å². The number of carbonyl (C=O) groups is 1. The maximum atomic E-state index is 12.4. The highest BCUT2D eigenvalue weighted by molar-refractivity contribution is 7.88. The molecule has 22 heavy (non-hydrogen) atoms. The Labute approximate surface area is 132 Å². The van der Waals surface area contributed by atoms with Crippen LogP contribution in [0.2, 0.25) is 0 Å². The first-order valence-corrected chi connectivity index (χ1v) is 9.44. The molecule has 0 spiro atoms. The van der Waals surface area contributed by atoms with Crippen LogP contribution in [0.4, 0.5) is 0 Å². The zero-order valence-electron chi connectivity index (χ0n) is 13.4. The van der Waals surface area contributed by atoms with Crippen LogP contribution in [0.1, 0.15) is 36.9 Å². The smallest absolute Gasteiger partial charge is 0.224 e. The Hall–Kier alpha value is -1.40. The van der Waals surface area contributed by atoms with Crippen LogP contribution in [0.15, 0.2) is 24.3 Å². The van der Waals surface area contributed by atoms with E-state index in [2.05, 4.69) is 5.32 Å². The predicted octanol–water partition coefficient (Wildman–Crippen LogP) is 1.84. The van der Waals surface area contributed by atoms with Gasteiger partial charge in [-0.25, -0.2) is 12.7 Å². The highest BCUT2D eigenvalue weighted by Gasteiger charge is 2.30. The molecule has 1 aromatic rings. The minimum atomic E-state index is -3.22. The molecular formula is C16H24N2O3S. The number of nitrogens with one attached hydrogen (secondary N) is 1. The van der Waals surface area contributed by atoms with E-state index in [0.717, 1.165) is 18.4 Å². The van der Waals surface area contributed by atoms with Crippen molar-refractivity contribution in [2.75, 3.05) is 19.3 Å². The van der Waals surface area contributed by atoms with Crippen LogP contribution in [-0.2, 0) is 14.8 Å². The molecule has 1 N–H and O–H groups in total. The molecule has 2 rings (SSSR count). The molecule has 1 aliphatic rings. The molecule has 1 saturated heterocycles. The summed E-state index contributed by atoms with van der Waals surface area (Å²) < 4.78 is 24.6. The van der Waals surface area contributed by atoms with Gasteiger partial charge in [-0.1, -0.05) is 29.8 Å². The van der Waals surface area contributed by atoms with Crippen LogP contribution >= 0.6 is 0 Å². The summed E-state index contributed by atoms with van der Waals surface area (Å²) in [5.41, 5.74) is 2.23. The second-order valence-corrected chi connectivity index (χ2v) is 8.08. The van der Waals surface area contributed by atoms with Gasteiger partial charge in [0.1, 0.15) is 0 Å². The third kappa shape index (κ3) is 4.30. The molecule has 0 radical (unpaired) electrons. The van der Waals surface area contributed by atoms with Gasteiger partial charge in [0.2, 0.25) is 15.9 Å². The summed E-state index contributed by atoms with van der Waals surface area (Å²) in [6, 6.07) is 7.96. The van der Waals surface area contributed by atoms with E-state index in [1.54, 1.807) is 0 Å². The van der Waals surface area contributed by atoms with Crippen LogP contribution in [0.5, 0.6) is 0 Å². The monoisotopic (exact) mass is 324 g/mol. The lowest BCUT2D eigenvalue weighted by Crippen LogP contribution is -2.45. The van der Waals surface area contributed by atoms with Crippen LogP contribution < -0.4 is 5.32 Å². The van der Waals surface area contributed by atoms with Crippen molar-refractivity contribution in [1.29, 1.82) is 0 Å². The van der Waals surface area contributed by atoms with Crippen molar-refractivity contribution in [2.45, 2.75) is 32.7 Å². The molecule has 122 valence electrons. The van der Waals surface area contributed by atoms with Crippen molar-refractivity contribution in [3.63, 3.8) is 0 Å². The van der Waals surface area contributed by atoms with E-state index in [4.69, 9.17) is 0 Å². The zero-order valence-corrected chi connectivity index (χ0v) is 14.2. The quantitative estimate of drug-likeness (QED) is 0.919. The molecule has 1 heterocycles. The number of nitrogens with zero attached hydrogens (tertiary/aromatic N) is 1. The normalized spacial score (nSPS) is 21.3. The lowest BCUT2D eigenvalue weighted by molar-refractivity contribution is -0.126. The van der Waals surface area contributed by atoms with Gasteiger partial charge < -0.3 is 5.32 Å². The summed E-state index contributed by atoms with van der Waals surface area (Å²) in [5.74, 6) is -0.335. The van der Waals surface area contributed by atoms with Crippen molar-refractivity contribution in [3.8, 4) is 0 Å². The van der Waals surface area contributed by atoms with Crippen molar-refractivity contribution in [1.82, 2.24) is 9.62 Å². The first-order chi connectivity index (χ1) is 10.3. The number of amides is 1. The highest BCUT2D eigenvalue weighted by atomic mass is 32.2. The number of sulfonamides is 1. The number of rotatable bonds is 4. The lowest BCUT2D eigenvalue weighted by atomic mass is 9.97. The molecule has 0 bridgehead atoms. The average Bonchev–Trinajstić information content (AvgIpc) is 2.47. The van der Waals surface area contributed by atoms with Crippen molar-refractivity contribution < 1.29 is 13.2 Å². The molecule has 1 fully saturated rings. The molecule has 1 aliphatic heterocycles. The fourth-order valence-electron chi connectivity index (χ4n) is 2.73. The van der Waals surface area contributed by atoms with E-state index in [9.17, 15) is 13.2 Å². The Balaban J connectivity index is 1.98. The van der Waals surface area contributed by atoms with E-state index in [-0.39, 0.29) is 24.4 Å². The summed E-state index contributed by atoms with van der Waals surface area (Å²) in [6.45, 7) is 4.76. The summed E-state index contributed by atoms with van der Waals surface area (Å²) in [6.07, 6.45) is 2.66. The summed E-state index contributed by atoms with van der Waals surface area (Å²) in [5, 5.41) is 3.00. The SMILES string of the molecule is Cc1ccc([C@@H](C)NC(=O)[C@H]2CCCN(S(C)(=O)=O)C2)cc1. The average molecular weight is 324 g/mol. The molecule has 2 atom stereocenters. The molecule has 0 saturated carbocycles. The molecule has 1 amide bonds. The Morgan fingerprint density at radius 2 is 1.95 bits per heavy atom. The summed E-state index contributed by atoms with van der Waals surface area (Å²) >= 11 is 0. The molecule has 0 aromatic heterocycles. The number of hydrogen-bond acceptors (Lipinski definition) is 3. The van der Waals surface area contributed by atoms with Gasteiger partial charge in [0.15, 0.2) is 0 Å². The third-order valence-corrected chi connectivity index (χ3v) is 5.43. The van der Waals surface area contributed by atoms with E-state index in [1.807, 2.05) is 38.1 Å². The van der Waals surface area contributed by atoms with Crippen LogP contribution in [0.25, 0.3) is 0 Å². The Morgan fingerprint density at radius 3 is 2.55 bits per heavy atom. The topological polar surface area (TPSA) is 66.5 Å². The second-order valence-electron chi connectivity index (χ2n) is 6.10. The van der Waals surface area contributed by atoms with E-state index in [0.29, 0.717) is 6.54 Å². The summed E-state index contributed by atoms with van der Waals surface area (Å²) in [7, 11) is -3.22. The van der Waals surface area contributed by atoms with Crippen LogP contribution in [-0.4, -0.2) is 38.0 Å². The van der Waals surface area contributed by atoms with Crippen LogP contribution in [0, 0.1) is 12.8 Å². The Kier molecular flexibility index (Phi) is 5.24. The Bertz CT molecular complexity index is 625. The van der Waals surface area contributed by atoms with Crippen LogP contribution in [0.3, 0.4) is 0 Å². The number of benzene rings is 1. The van der Waals surface area contributed by atoms with Gasteiger partial charge in [-0.3, -0.25) is 4.79 Å². The number of aryl methyl sites for hydroxylation is 1. The minimum absolute atomic E-state index is 0.0681. The maximum absolute atomic E-state index is 12.4. The van der Waals surface area contributed by atoms with Gasteiger partial charge in [-0.05, 0) is 32.3 Å². The van der Waals surface area contributed by atoms with Gasteiger partial charge in [-0.2, -0.15) is 0 Å². The molecule has 6 heteroatoms.